The van der Waals surface area contributed by atoms with Crippen molar-refractivity contribution in [3.05, 3.63) is 41.6 Å². The monoisotopic (exact) mass is 189 g/mol. The van der Waals surface area contributed by atoms with Crippen LogP contribution in [0.2, 0.25) is 0 Å². The molecule has 0 aliphatic heterocycles. The molecule has 0 aliphatic carbocycles. The quantitative estimate of drug-likeness (QED) is 0.741. The predicted octanol–water partition coefficient (Wildman–Crippen LogP) is 2.90. The van der Waals surface area contributed by atoms with Gasteiger partial charge in [-0.1, -0.05) is 17.7 Å². The van der Waals surface area contributed by atoms with Crippen molar-refractivity contribution in [1.82, 2.24) is 0 Å². The number of carbonyl (C=O) groups is 1. The molecule has 1 rings (SSSR count). The molecule has 74 valence electrons. The number of allylic oxidation sites excluding steroid dienone is 2. The van der Waals surface area contributed by atoms with E-state index in [1.807, 2.05) is 38.1 Å². The number of hydrogen-bond donors (Lipinski definition) is 1. The molecular formula is C12H15NO. The molecule has 1 aromatic carbocycles. The van der Waals surface area contributed by atoms with Crippen LogP contribution in [0.1, 0.15) is 19.4 Å². The van der Waals surface area contributed by atoms with E-state index in [0.717, 1.165) is 11.4 Å². The first-order valence-electron chi connectivity index (χ1n) is 4.60. The Balaban J connectivity index is 2.69. The van der Waals surface area contributed by atoms with Crippen molar-refractivity contribution in [1.29, 1.82) is 0 Å². The van der Waals surface area contributed by atoms with Crippen molar-refractivity contribution in [2.24, 2.45) is 0 Å². The van der Waals surface area contributed by atoms with Crippen molar-refractivity contribution < 1.29 is 4.79 Å². The van der Waals surface area contributed by atoms with Crippen molar-refractivity contribution in [2.75, 3.05) is 5.32 Å². The van der Waals surface area contributed by atoms with Gasteiger partial charge >= 0.3 is 0 Å². The lowest BCUT2D eigenvalue weighted by Crippen LogP contribution is -1.97. The summed E-state index contributed by atoms with van der Waals surface area (Å²) in [7, 11) is 0. The maximum Gasteiger partial charge on any atom is 0.154 e. The van der Waals surface area contributed by atoms with Gasteiger partial charge in [-0.25, -0.2) is 0 Å². The van der Waals surface area contributed by atoms with Gasteiger partial charge in [0.25, 0.3) is 0 Å². The molecule has 2 nitrogen and oxygen atoms in total. The second-order valence-electron chi connectivity index (χ2n) is 3.43. The molecule has 0 aromatic heterocycles. The SMILES string of the molecule is CC(=O)/C=C(\C)Nc1ccc(C)cc1. The molecule has 0 bridgehead atoms. The summed E-state index contributed by atoms with van der Waals surface area (Å²) in [4.78, 5) is 10.8. The van der Waals surface area contributed by atoms with Gasteiger partial charge in [0.2, 0.25) is 0 Å². The number of benzene rings is 1. The van der Waals surface area contributed by atoms with Gasteiger partial charge in [0.05, 0.1) is 0 Å². The van der Waals surface area contributed by atoms with Gasteiger partial charge in [-0.2, -0.15) is 0 Å². The number of rotatable bonds is 3. The van der Waals surface area contributed by atoms with E-state index in [1.54, 1.807) is 13.0 Å². The Morgan fingerprint density at radius 2 is 1.79 bits per heavy atom. The first-order valence-corrected chi connectivity index (χ1v) is 4.60. The maximum atomic E-state index is 10.8. The highest BCUT2D eigenvalue weighted by Gasteiger charge is 1.93. The lowest BCUT2D eigenvalue weighted by Gasteiger charge is -2.05. The predicted molar refractivity (Wildman–Crippen MR) is 59.2 cm³/mol. The molecule has 1 N–H and O–H groups in total. The van der Waals surface area contributed by atoms with E-state index in [2.05, 4.69) is 5.32 Å². The van der Waals surface area contributed by atoms with E-state index in [-0.39, 0.29) is 5.78 Å². The van der Waals surface area contributed by atoms with Crippen molar-refractivity contribution in [2.45, 2.75) is 20.8 Å². The summed E-state index contributed by atoms with van der Waals surface area (Å²) in [6, 6.07) is 8.05. The molecule has 0 aliphatic rings. The average molecular weight is 189 g/mol. The van der Waals surface area contributed by atoms with Crippen molar-refractivity contribution in [3.63, 3.8) is 0 Å². The summed E-state index contributed by atoms with van der Waals surface area (Å²) < 4.78 is 0. The van der Waals surface area contributed by atoms with Gasteiger partial charge in [0.15, 0.2) is 5.78 Å². The molecule has 0 heterocycles. The van der Waals surface area contributed by atoms with E-state index in [4.69, 9.17) is 0 Å². The Hall–Kier alpha value is -1.57. The Bertz CT molecular complexity index is 349. The van der Waals surface area contributed by atoms with E-state index in [0.29, 0.717) is 0 Å². The summed E-state index contributed by atoms with van der Waals surface area (Å²) in [5.41, 5.74) is 3.09. The molecule has 0 fully saturated rings. The molecule has 0 amide bonds. The summed E-state index contributed by atoms with van der Waals surface area (Å²) in [5.74, 6) is 0.0575. The fourth-order valence-corrected chi connectivity index (χ4v) is 1.21. The zero-order chi connectivity index (χ0) is 10.6. The molecule has 0 saturated carbocycles. The number of aryl methyl sites for hydroxylation is 1. The minimum Gasteiger partial charge on any atom is -0.359 e. The molecular weight excluding hydrogens is 174 g/mol. The Morgan fingerprint density at radius 1 is 1.21 bits per heavy atom. The van der Waals surface area contributed by atoms with E-state index >= 15 is 0 Å². The highest BCUT2D eigenvalue weighted by Crippen LogP contribution is 2.10. The summed E-state index contributed by atoms with van der Waals surface area (Å²) in [6.07, 6.45) is 1.58. The zero-order valence-corrected chi connectivity index (χ0v) is 8.79. The van der Waals surface area contributed by atoms with Gasteiger partial charge in [0, 0.05) is 11.4 Å². The third-order valence-corrected chi connectivity index (χ3v) is 1.81. The number of ketones is 1. The van der Waals surface area contributed by atoms with Crippen LogP contribution in [0.3, 0.4) is 0 Å². The minimum atomic E-state index is 0.0575. The molecule has 1 aromatic rings. The number of hydrogen-bond acceptors (Lipinski definition) is 2. The van der Waals surface area contributed by atoms with Crippen molar-refractivity contribution >= 4 is 11.5 Å². The van der Waals surface area contributed by atoms with E-state index in [9.17, 15) is 4.79 Å². The lowest BCUT2D eigenvalue weighted by molar-refractivity contribution is -0.112. The fourth-order valence-electron chi connectivity index (χ4n) is 1.21. The largest absolute Gasteiger partial charge is 0.359 e. The lowest BCUT2D eigenvalue weighted by atomic mass is 10.2. The van der Waals surface area contributed by atoms with Crippen LogP contribution in [0.5, 0.6) is 0 Å². The first-order chi connectivity index (χ1) is 6.58. The van der Waals surface area contributed by atoms with Crippen LogP contribution < -0.4 is 5.32 Å². The van der Waals surface area contributed by atoms with Crippen LogP contribution in [0.4, 0.5) is 5.69 Å². The number of nitrogens with one attached hydrogen (secondary N) is 1. The van der Waals surface area contributed by atoms with Crippen LogP contribution >= 0.6 is 0 Å². The third-order valence-electron chi connectivity index (χ3n) is 1.81. The zero-order valence-electron chi connectivity index (χ0n) is 8.79. The summed E-state index contributed by atoms with van der Waals surface area (Å²) in [5, 5.41) is 3.14. The second kappa shape index (κ2) is 4.61. The molecule has 0 saturated heterocycles. The number of anilines is 1. The Labute approximate surface area is 84.6 Å². The standard InChI is InChI=1S/C12H15NO/c1-9-4-6-12(7-5-9)13-10(2)8-11(3)14/h4-8,13H,1-3H3/b10-8+. The van der Waals surface area contributed by atoms with E-state index < -0.39 is 0 Å². The Kier molecular flexibility index (Phi) is 3.46. The number of carbonyl (C=O) groups excluding carboxylic acids is 1. The molecule has 0 atom stereocenters. The van der Waals surface area contributed by atoms with Crippen LogP contribution in [-0.2, 0) is 4.79 Å². The third kappa shape index (κ3) is 3.44. The molecule has 0 spiro atoms. The van der Waals surface area contributed by atoms with Gasteiger partial charge in [-0.05, 0) is 39.0 Å². The summed E-state index contributed by atoms with van der Waals surface area (Å²) >= 11 is 0. The maximum absolute atomic E-state index is 10.8. The molecule has 2 heteroatoms. The highest BCUT2D eigenvalue weighted by molar-refractivity contribution is 5.88. The van der Waals surface area contributed by atoms with Gasteiger partial charge in [0.1, 0.15) is 0 Å². The molecule has 0 radical (unpaired) electrons. The van der Waals surface area contributed by atoms with Crippen molar-refractivity contribution in [3.8, 4) is 0 Å². The topological polar surface area (TPSA) is 29.1 Å². The normalized spacial score (nSPS) is 11.2. The first kappa shape index (κ1) is 10.5. The highest BCUT2D eigenvalue weighted by atomic mass is 16.1. The van der Waals surface area contributed by atoms with Crippen LogP contribution in [0.15, 0.2) is 36.0 Å². The van der Waals surface area contributed by atoms with Crippen LogP contribution in [0.25, 0.3) is 0 Å². The van der Waals surface area contributed by atoms with Gasteiger partial charge < -0.3 is 5.32 Å². The van der Waals surface area contributed by atoms with Gasteiger partial charge in [-0.15, -0.1) is 0 Å². The van der Waals surface area contributed by atoms with Crippen LogP contribution in [-0.4, -0.2) is 5.78 Å². The van der Waals surface area contributed by atoms with Crippen LogP contribution in [0, 0.1) is 6.92 Å². The van der Waals surface area contributed by atoms with Gasteiger partial charge in [-0.3, -0.25) is 4.79 Å². The smallest absolute Gasteiger partial charge is 0.154 e. The van der Waals surface area contributed by atoms with E-state index in [1.165, 1.54) is 5.56 Å². The molecule has 0 unspecified atom stereocenters. The Morgan fingerprint density at radius 3 is 2.29 bits per heavy atom. The fraction of sp³-hybridized carbons (Fsp3) is 0.250. The minimum absolute atomic E-state index is 0.0575. The average Bonchev–Trinajstić information content (AvgIpc) is 2.07. The summed E-state index contributed by atoms with van der Waals surface area (Å²) in [6.45, 7) is 5.46. The molecule has 14 heavy (non-hydrogen) atoms. The second-order valence-corrected chi connectivity index (χ2v) is 3.43.